The fourth-order valence-corrected chi connectivity index (χ4v) is 9.77. The molecule has 1 atom stereocenters. The van der Waals surface area contributed by atoms with Crippen LogP contribution < -0.4 is 0 Å². The maximum Gasteiger partial charge on any atom is 0.306 e. The minimum Gasteiger partial charge on any atom is -0.462 e. The molecule has 0 rings (SSSR count). The van der Waals surface area contributed by atoms with E-state index in [-0.39, 0.29) is 31.1 Å². The van der Waals surface area contributed by atoms with Gasteiger partial charge in [-0.25, -0.2) is 0 Å². The summed E-state index contributed by atoms with van der Waals surface area (Å²) >= 11 is 0. The second-order valence-electron chi connectivity index (χ2n) is 23.1. The number of allylic oxidation sites excluding steroid dienone is 18. The smallest absolute Gasteiger partial charge is 0.306 e. The van der Waals surface area contributed by atoms with Gasteiger partial charge in [-0.1, -0.05) is 297 Å². The Hall–Kier alpha value is -3.93. The van der Waals surface area contributed by atoms with Gasteiger partial charge < -0.3 is 14.2 Å². The molecule has 0 aliphatic rings. The normalized spacial score (nSPS) is 12.8. The number of ether oxygens (including phenoxy) is 3. The van der Waals surface area contributed by atoms with Gasteiger partial charge in [-0.05, 0) is 128 Å². The first-order valence-corrected chi connectivity index (χ1v) is 34.9. The Labute approximate surface area is 508 Å². The van der Waals surface area contributed by atoms with Gasteiger partial charge in [0.05, 0.1) is 0 Å². The van der Waals surface area contributed by atoms with E-state index in [4.69, 9.17) is 14.2 Å². The van der Waals surface area contributed by atoms with E-state index in [0.717, 1.165) is 116 Å². The van der Waals surface area contributed by atoms with Gasteiger partial charge in [-0.15, -0.1) is 0 Å². The van der Waals surface area contributed by atoms with E-state index in [9.17, 15) is 14.4 Å². The lowest BCUT2D eigenvalue weighted by Gasteiger charge is -2.18. The molecule has 6 nitrogen and oxygen atoms in total. The molecule has 82 heavy (non-hydrogen) atoms. The summed E-state index contributed by atoms with van der Waals surface area (Å²) < 4.78 is 16.9. The first-order chi connectivity index (χ1) is 40.5. The van der Waals surface area contributed by atoms with E-state index >= 15 is 0 Å². The van der Waals surface area contributed by atoms with Crippen molar-refractivity contribution >= 4 is 17.9 Å². The molecule has 0 bridgehead atoms. The second-order valence-corrected chi connectivity index (χ2v) is 23.1. The second kappa shape index (κ2) is 69.6. The molecule has 1 unspecified atom stereocenters. The highest BCUT2D eigenvalue weighted by Crippen LogP contribution is 2.16. The zero-order chi connectivity index (χ0) is 59.2. The third kappa shape index (κ3) is 66.9. The Bertz CT molecular complexity index is 1640. The van der Waals surface area contributed by atoms with E-state index in [2.05, 4.69) is 130 Å². The largest absolute Gasteiger partial charge is 0.462 e. The third-order valence-electron chi connectivity index (χ3n) is 15.0. The van der Waals surface area contributed by atoms with Crippen LogP contribution >= 0.6 is 0 Å². The molecule has 0 heterocycles. The molecule has 0 amide bonds. The van der Waals surface area contributed by atoms with Crippen molar-refractivity contribution in [1.82, 2.24) is 0 Å². The van der Waals surface area contributed by atoms with Crippen molar-refractivity contribution in [2.45, 2.75) is 341 Å². The molecule has 0 saturated heterocycles. The maximum absolute atomic E-state index is 13.0. The van der Waals surface area contributed by atoms with Crippen LogP contribution in [0.4, 0.5) is 0 Å². The molecule has 0 N–H and O–H groups in total. The van der Waals surface area contributed by atoms with Gasteiger partial charge in [0.2, 0.25) is 0 Å². The molecule has 0 aromatic carbocycles. The van der Waals surface area contributed by atoms with Gasteiger partial charge in [-0.2, -0.15) is 0 Å². The maximum atomic E-state index is 13.0. The van der Waals surface area contributed by atoms with Crippen molar-refractivity contribution in [1.29, 1.82) is 0 Å². The van der Waals surface area contributed by atoms with Crippen molar-refractivity contribution in [3.63, 3.8) is 0 Å². The number of esters is 3. The lowest BCUT2D eigenvalue weighted by molar-refractivity contribution is -0.167. The van der Waals surface area contributed by atoms with Gasteiger partial charge in [0.25, 0.3) is 0 Å². The molecule has 0 aromatic rings. The molecule has 0 saturated carbocycles. The highest BCUT2D eigenvalue weighted by molar-refractivity contribution is 5.71. The van der Waals surface area contributed by atoms with Gasteiger partial charge in [-0.3, -0.25) is 14.4 Å². The molecular formula is C76H130O6. The standard InChI is InChI=1S/C76H130O6/c1-4-7-10-13-16-19-22-25-28-30-32-34-36-38-40-42-44-46-48-51-54-57-60-63-66-69-75(78)81-72-73(71-80-74(77)68-65-62-59-56-53-50-27-24-21-18-15-12-9-6-3)82-76(79)70-67-64-61-58-55-52-49-47-45-43-41-39-37-35-33-31-29-26-23-20-17-14-11-8-5-2/h7,10,16,19,24-25,27-28,31-34,38,40,44,46,51,54,73H,4-6,8-9,11-15,17-18,20-23,26,29-30,35-37,39,41-43,45,47-50,52-53,55-72H2,1-3H3/b10-7-,19-16-,27-24-,28-25-,33-31-,34-32-,40-38-,46-44-,54-51-. The number of rotatable bonds is 63. The van der Waals surface area contributed by atoms with Gasteiger partial charge in [0.15, 0.2) is 6.10 Å². The zero-order valence-electron chi connectivity index (χ0n) is 54.0. The van der Waals surface area contributed by atoms with E-state index < -0.39 is 6.10 Å². The van der Waals surface area contributed by atoms with Crippen LogP contribution in [-0.4, -0.2) is 37.2 Å². The number of unbranched alkanes of at least 4 members (excludes halogenated alkanes) is 34. The van der Waals surface area contributed by atoms with Crippen LogP contribution in [0.15, 0.2) is 109 Å². The number of hydrogen-bond donors (Lipinski definition) is 0. The molecule has 6 heteroatoms. The third-order valence-corrected chi connectivity index (χ3v) is 15.0. The van der Waals surface area contributed by atoms with Gasteiger partial charge in [0.1, 0.15) is 13.2 Å². The highest BCUT2D eigenvalue weighted by atomic mass is 16.6. The Morgan fingerprint density at radius 1 is 0.256 bits per heavy atom. The minimum absolute atomic E-state index is 0.0925. The SMILES string of the molecule is CC/C=C\C/C=C\C/C=C\C/C=C\C/C=C\C/C=C\C/C=C\CCCCCC(=O)OCC(COC(=O)CCCCCCC/C=C\CCCCCCC)OC(=O)CCCCCCCCCCCCCCC/C=C\CCCCCCCCCC. The van der Waals surface area contributed by atoms with E-state index in [1.807, 2.05) is 0 Å². The van der Waals surface area contributed by atoms with Crippen molar-refractivity contribution < 1.29 is 28.6 Å². The summed E-state index contributed by atoms with van der Waals surface area (Å²) in [6.45, 7) is 6.52. The van der Waals surface area contributed by atoms with E-state index in [1.165, 1.54) is 180 Å². The zero-order valence-corrected chi connectivity index (χ0v) is 54.0. The predicted octanol–water partition coefficient (Wildman–Crippen LogP) is 24.2. The van der Waals surface area contributed by atoms with Crippen LogP contribution in [0.3, 0.4) is 0 Å². The Morgan fingerprint density at radius 3 is 0.768 bits per heavy atom. The van der Waals surface area contributed by atoms with Crippen molar-refractivity contribution in [2.75, 3.05) is 13.2 Å². The monoisotopic (exact) mass is 1140 g/mol. The summed E-state index contributed by atoms with van der Waals surface area (Å²) in [4.78, 5) is 38.4. The summed E-state index contributed by atoms with van der Waals surface area (Å²) in [7, 11) is 0. The van der Waals surface area contributed by atoms with Gasteiger partial charge >= 0.3 is 17.9 Å². The predicted molar refractivity (Wildman–Crippen MR) is 357 cm³/mol. The molecule has 0 fully saturated rings. The van der Waals surface area contributed by atoms with Crippen molar-refractivity contribution in [2.24, 2.45) is 0 Å². The van der Waals surface area contributed by atoms with Crippen LogP contribution in [0.25, 0.3) is 0 Å². The Balaban J connectivity index is 4.39. The van der Waals surface area contributed by atoms with Gasteiger partial charge in [0, 0.05) is 19.3 Å². The van der Waals surface area contributed by atoms with Crippen LogP contribution in [0, 0.1) is 0 Å². The summed E-state index contributed by atoms with van der Waals surface area (Å²) in [5.41, 5.74) is 0. The minimum atomic E-state index is -0.799. The fourth-order valence-electron chi connectivity index (χ4n) is 9.77. The average molecular weight is 1140 g/mol. The number of carbonyl (C=O) groups excluding carboxylic acids is 3. The Morgan fingerprint density at radius 2 is 0.476 bits per heavy atom. The molecule has 0 aliphatic carbocycles. The fraction of sp³-hybridized carbons (Fsp3) is 0.724. The van der Waals surface area contributed by atoms with E-state index in [0.29, 0.717) is 19.3 Å². The molecule has 470 valence electrons. The number of carbonyl (C=O) groups is 3. The number of hydrogen-bond acceptors (Lipinski definition) is 6. The van der Waals surface area contributed by atoms with Crippen molar-refractivity contribution in [3.8, 4) is 0 Å². The summed E-state index contributed by atoms with van der Waals surface area (Å²) in [6, 6.07) is 0. The lowest BCUT2D eigenvalue weighted by Crippen LogP contribution is -2.30. The highest BCUT2D eigenvalue weighted by Gasteiger charge is 2.19. The molecule has 0 aliphatic heterocycles. The summed E-state index contributed by atoms with van der Waals surface area (Å²) in [6.07, 6.45) is 95.4. The van der Waals surface area contributed by atoms with Crippen LogP contribution in [-0.2, 0) is 28.6 Å². The van der Waals surface area contributed by atoms with Crippen molar-refractivity contribution in [3.05, 3.63) is 109 Å². The molecule has 0 aromatic heterocycles. The summed E-state index contributed by atoms with van der Waals surface area (Å²) in [5.74, 6) is -0.923. The summed E-state index contributed by atoms with van der Waals surface area (Å²) in [5, 5.41) is 0. The van der Waals surface area contributed by atoms with E-state index in [1.54, 1.807) is 0 Å². The first kappa shape index (κ1) is 78.1. The molecule has 0 spiro atoms. The molecule has 0 radical (unpaired) electrons. The molecular weight excluding hydrogens is 1010 g/mol. The van der Waals surface area contributed by atoms with Crippen LogP contribution in [0.5, 0.6) is 0 Å². The average Bonchev–Trinajstić information content (AvgIpc) is 3.47. The quantitative estimate of drug-likeness (QED) is 0.0261. The lowest BCUT2D eigenvalue weighted by atomic mass is 10.0. The topological polar surface area (TPSA) is 78.9 Å². The van der Waals surface area contributed by atoms with Crippen LogP contribution in [0.2, 0.25) is 0 Å². The Kier molecular flexibility index (Phi) is 66.2. The first-order valence-electron chi connectivity index (χ1n) is 34.9. The van der Waals surface area contributed by atoms with Crippen LogP contribution in [0.1, 0.15) is 335 Å².